The molecule has 0 spiro atoms. The van der Waals surface area contributed by atoms with Gasteiger partial charge in [-0.25, -0.2) is 0 Å². The first-order valence-corrected chi connectivity index (χ1v) is 9.03. The zero-order valence-electron chi connectivity index (χ0n) is 15.2. The number of anilines is 2. The molecule has 3 aromatic rings. The molecule has 3 rings (SSSR count). The van der Waals surface area contributed by atoms with Crippen molar-refractivity contribution in [1.82, 2.24) is 0 Å². The minimum Gasteiger partial charge on any atom is -0.326 e. The lowest BCUT2D eigenvalue weighted by atomic mass is 9.99. The molecule has 0 heterocycles. The predicted octanol–water partition coefficient (Wildman–Crippen LogP) is 5.34. The molecule has 2 N–H and O–H groups in total. The van der Waals surface area contributed by atoms with Gasteiger partial charge in [-0.05, 0) is 41.8 Å². The van der Waals surface area contributed by atoms with E-state index in [0.29, 0.717) is 23.4 Å². The summed E-state index contributed by atoms with van der Waals surface area (Å²) >= 11 is 0. The van der Waals surface area contributed by atoms with E-state index in [1.165, 1.54) is 0 Å². The van der Waals surface area contributed by atoms with Crippen LogP contribution in [0.4, 0.5) is 11.4 Å². The number of nitrogens with one attached hydrogen (secondary N) is 2. The third kappa shape index (κ3) is 4.82. The summed E-state index contributed by atoms with van der Waals surface area (Å²) in [5, 5.41) is 5.77. The lowest BCUT2D eigenvalue weighted by Gasteiger charge is -2.12. The van der Waals surface area contributed by atoms with Crippen LogP contribution in [0.5, 0.6) is 0 Å². The van der Waals surface area contributed by atoms with E-state index < -0.39 is 0 Å². The van der Waals surface area contributed by atoms with E-state index in [4.69, 9.17) is 0 Å². The maximum Gasteiger partial charge on any atom is 0.256 e. The zero-order chi connectivity index (χ0) is 19.1. The molecule has 0 unspecified atom stereocenters. The van der Waals surface area contributed by atoms with Crippen LogP contribution in [-0.2, 0) is 4.79 Å². The Hall–Kier alpha value is -3.40. The molecule has 4 nitrogen and oxygen atoms in total. The third-order valence-electron chi connectivity index (χ3n) is 4.14. The third-order valence-corrected chi connectivity index (χ3v) is 4.14. The van der Waals surface area contributed by atoms with Crippen LogP contribution in [0.25, 0.3) is 11.1 Å². The van der Waals surface area contributed by atoms with Crippen molar-refractivity contribution in [2.75, 3.05) is 10.6 Å². The Labute approximate surface area is 159 Å². The van der Waals surface area contributed by atoms with Crippen molar-refractivity contribution in [3.05, 3.63) is 84.4 Å². The smallest absolute Gasteiger partial charge is 0.256 e. The van der Waals surface area contributed by atoms with Gasteiger partial charge in [0.25, 0.3) is 5.91 Å². The van der Waals surface area contributed by atoms with Gasteiger partial charge in [-0.2, -0.15) is 0 Å². The summed E-state index contributed by atoms with van der Waals surface area (Å²) in [5.74, 6) is -0.220. The highest BCUT2D eigenvalue weighted by molar-refractivity contribution is 6.09. The molecule has 3 aromatic carbocycles. The van der Waals surface area contributed by atoms with Gasteiger partial charge in [0.15, 0.2) is 0 Å². The van der Waals surface area contributed by atoms with Crippen molar-refractivity contribution in [1.29, 1.82) is 0 Å². The molecule has 136 valence electrons. The Morgan fingerprint density at radius 3 is 2.19 bits per heavy atom. The molecule has 0 bridgehead atoms. The van der Waals surface area contributed by atoms with Gasteiger partial charge in [-0.3, -0.25) is 9.59 Å². The molecule has 0 saturated heterocycles. The summed E-state index contributed by atoms with van der Waals surface area (Å²) in [6.45, 7) is 1.96. The lowest BCUT2D eigenvalue weighted by Crippen LogP contribution is -2.14. The van der Waals surface area contributed by atoms with Crippen molar-refractivity contribution in [2.45, 2.75) is 19.8 Å². The topological polar surface area (TPSA) is 58.2 Å². The van der Waals surface area contributed by atoms with Crippen LogP contribution >= 0.6 is 0 Å². The summed E-state index contributed by atoms with van der Waals surface area (Å²) in [4.78, 5) is 24.6. The fourth-order valence-electron chi connectivity index (χ4n) is 2.87. The van der Waals surface area contributed by atoms with Crippen molar-refractivity contribution in [3.63, 3.8) is 0 Å². The Balaban J connectivity index is 1.80. The van der Waals surface area contributed by atoms with Gasteiger partial charge in [0.2, 0.25) is 5.91 Å². The van der Waals surface area contributed by atoms with Crippen LogP contribution in [0.15, 0.2) is 78.9 Å². The number of benzene rings is 3. The van der Waals surface area contributed by atoms with E-state index in [9.17, 15) is 9.59 Å². The van der Waals surface area contributed by atoms with E-state index >= 15 is 0 Å². The molecule has 0 atom stereocenters. The maximum atomic E-state index is 12.8. The highest BCUT2D eigenvalue weighted by atomic mass is 16.2. The fourth-order valence-corrected chi connectivity index (χ4v) is 2.87. The van der Waals surface area contributed by atoms with E-state index in [1.807, 2.05) is 61.5 Å². The second-order valence-corrected chi connectivity index (χ2v) is 6.24. The molecular formula is C23H22N2O2. The minimum absolute atomic E-state index is 0.0320. The second kappa shape index (κ2) is 8.81. The molecule has 2 amide bonds. The van der Waals surface area contributed by atoms with Gasteiger partial charge in [0.05, 0.1) is 0 Å². The van der Waals surface area contributed by atoms with Crippen LogP contribution in [-0.4, -0.2) is 11.8 Å². The predicted molar refractivity (Wildman–Crippen MR) is 110 cm³/mol. The summed E-state index contributed by atoms with van der Waals surface area (Å²) < 4.78 is 0. The van der Waals surface area contributed by atoms with Gasteiger partial charge in [0, 0.05) is 23.4 Å². The molecule has 4 heteroatoms. The number of hydrogen-bond donors (Lipinski definition) is 2. The lowest BCUT2D eigenvalue weighted by molar-refractivity contribution is -0.116. The Morgan fingerprint density at radius 1 is 0.778 bits per heavy atom. The summed E-state index contributed by atoms with van der Waals surface area (Å²) in [6, 6.07) is 24.5. The largest absolute Gasteiger partial charge is 0.326 e. The van der Waals surface area contributed by atoms with Gasteiger partial charge >= 0.3 is 0 Å². The fraction of sp³-hybridized carbons (Fsp3) is 0.130. The van der Waals surface area contributed by atoms with Crippen LogP contribution in [0.1, 0.15) is 30.1 Å². The molecule has 0 radical (unpaired) electrons. The number of carbonyl (C=O) groups is 2. The first-order valence-electron chi connectivity index (χ1n) is 9.03. The number of rotatable bonds is 6. The number of carbonyl (C=O) groups excluding carboxylic acids is 2. The zero-order valence-corrected chi connectivity index (χ0v) is 15.2. The van der Waals surface area contributed by atoms with E-state index in [0.717, 1.165) is 17.5 Å². The van der Waals surface area contributed by atoms with Crippen LogP contribution < -0.4 is 10.6 Å². The SMILES string of the molecule is CCCC(=O)Nc1cccc(NC(=O)c2ccccc2-c2ccccc2)c1. The molecule has 0 aliphatic rings. The second-order valence-electron chi connectivity index (χ2n) is 6.24. The van der Waals surface area contributed by atoms with Crippen molar-refractivity contribution in [2.24, 2.45) is 0 Å². The van der Waals surface area contributed by atoms with Crippen molar-refractivity contribution in [3.8, 4) is 11.1 Å². The first kappa shape index (κ1) is 18.4. The minimum atomic E-state index is -0.188. The first-order chi connectivity index (χ1) is 13.2. The normalized spacial score (nSPS) is 10.3. The standard InChI is InChI=1S/C23H22N2O2/c1-2-9-22(26)24-18-12-8-13-19(16-18)25-23(27)21-15-7-6-14-20(21)17-10-4-3-5-11-17/h3-8,10-16H,2,9H2,1H3,(H,24,26)(H,25,27). The summed E-state index contributed by atoms with van der Waals surface area (Å²) in [7, 11) is 0. The molecule has 0 aliphatic carbocycles. The van der Waals surface area contributed by atoms with E-state index in [1.54, 1.807) is 24.3 Å². The monoisotopic (exact) mass is 358 g/mol. The maximum absolute atomic E-state index is 12.8. The quantitative estimate of drug-likeness (QED) is 0.624. The average molecular weight is 358 g/mol. The molecule has 0 fully saturated rings. The summed E-state index contributed by atoms with van der Waals surface area (Å²) in [6.07, 6.45) is 1.26. The Bertz CT molecular complexity index is 936. The van der Waals surface area contributed by atoms with Crippen LogP contribution in [0.2, 0.25) is 0 Å². The molecule has 0 saturated carbocycles. The molecular weight excluding hydrogens is 336 g/mol. The van der Waals surface area contributed by atoms with Gasteiger partial charge in [0.1, 0.15) is 0 Å². The van der Waals surface area contributed by atoms with E-state index in [-0.39, 0.29) is 11.8 Å². The van der Waals surface area contributed by atoms with Gasteiger partial charge < -0.3 is 10.6 Å². The van der Waals surface area contributed by atoms with Gasteiger partial charge in [-0.15, -0.1) is 0 Å². The highest BCUT2D eigenvalue weighted by Gasteiger charge is 2.13. The Morgan fingerprint density at radius 2 is 1.44 bits per heavy atom. The average Bonchev–Trinajstić information content (AvgIpc) is 2.69. The summed E-state index contributed by atoms with van der Waals surface area (Å²) in [5.41, 5.74) is 3.77. The Kier molecular flexibility index (Phi) is 6.00. The molecule has 0 aliphatic heterocycles. The van der Waals surface area contributed by atoms with Gasteiger partial charge in [-0.1, -0.05) is 61.5 Å². The van der Waals surface area contributed by atoms with Crippen LogP contribution in [0, 0.1) is 0 Å². The van der Waals surface area contributed by atoms with Crippen LogP contribution in [0.3, 0.4) is 0 Å². The van der Waals surface area contributed by atoms with E-state index in [2.05, 4.69) is 10.6 Å². The molecule has 27 heavy (non-hydrogen) atoms. The van der Waals surface area contributed by atoms with Crippen molar-refractivity contribution >= 4 is 23.2 Å². The highest BCUT2D eigenvalue weighted by Crippen LogP contribution is 2.25. The molecule has 0 aromatic heterocycles. The number of amides is 2. The number of hydrogen-bond acceptors (Lipinski definition) is 2. The van der Waals surface area contributed by atoms with Crippen molar-refractivity contribution < 1.29 is 9.59 Å².